The highest BCUT2D eigenvalue weighted by Crippen LogP contribution is 2.19. The highest BCUT2D eigenvalue weighted by atomic mass is 32.2. The molecule has 0 radical (unpaired) electrons. The van der Waals surface area contributed by atoms with Crippen molar-refractivity contribution in [2.75, 3.05) is 7.11 Å². The zero-order valence-electron chi connectivity index (χ0n) is 12.6. The number of ether oxygens (including phenoxy) is 1. The Hall–Kier alpha value is -1.98. The lowest BCUT2D eigenvalue weighted by Crippen LogP contribution is -2.26. The van der Waals surface area contributed by atoms with Crippen molar-refractivity contribution in [2.45, 2.75) is 24.3 Å². The summed E-state index contributed by atoms with van der Waals surface area (Å²) in [6.45, 7) is 1.98. The summed E-state index contributed by atoms with van der Waals surface area (Å²) >= 11 is 0. The van der Waals surface area contributed by atoms with Crippen molar-refractivity contribution >= 4 is 17.0 Å². The minimum atomic E-state index is -1.40. The van der Waals surface area contributed by atoms with E-state index >= 15 is 0 Å². The first kappa shape index (κ1) is 16.4. The largest absolute Gasteiger partial charge is 0.469 e. The van der Waals surface area contributed by atoms with Crippen LogP contribution >= 0.6 is 0 Å². The van der Waals surface area contributed by atoms with Crippen molar-refractivity contribution in [2.24, 2.45) is 0 Å². The van der Waals surface area contributed by atoms with Crippen LogP contribution in [-0.2, 0) is 20.5 Å². The summed E-state index contributed by atoms with van der Waals surface area (Å²) in [7, 11) is -0.0499. The van der Waals surface area contributed by atoms with Gasteiger partial charge in [0, 0.05) is 0 Å². The number of carbonyl (C=O) groups excluding carboxylic acids is 1. The predicted molar refractivity (Wildman–Crippen MR) is 86.5 cm³/mol. The minimum absolute atomic E-state index is 0.123. The summed E-state index contributed by atoms with van der Waals surface area (Å²) < 4.78 is 20.2. The first-order valence-electron chi connectivity index (χ1n) is 6.96. The van der Waals surface area contributed by atoms with Crippen LogP contribution in [0, 0.1) is 6.92 Å². The molecule has 116 valence electrons. The number of nitrogens with one attached hydrogen (secondary N) is 1. The Balaban J connectivity index is 2.17. The maximum atomic E-state index is 12.5. The average Bonchev–Trinajstić information content (AvgIpc) is 2.55. The quantitative estimate of drug-likeness (QED) is 0.834. The van der Waals surface area contributed by atoms with Crippen molar-refractivity contribution in [1.29, 1.82) is 0 Å². The van der Waals surface area contributed by atoms with E-state index in [2.05, 4.69) is 4.72 Å². The van der Waals surface area contributed by atoms with Crippen LogP contribution in [0.25, 0.3) is 0 Å². The molecule has 0 aliphatic carbocycles. The van der Waals surface area contributed by atoms with Gasteiger partial charge in [-0.1, -0.05) is 48.0 Å². The fraction of sp³-hybridized carbons (Fsp3) is 0.235. The second kappa shape index (κ2) is 7.87. The third-order valence-corrected chi connectivity index (χ3v) is 4.48. The van der Waals surface area contributed by atoms with Gasteiger partial charge in [-0.15, -0.1) is 0 Å². The Labute approximate surface area is 133 Å². The van der Waals surface area contributed by atoms with Gasteiger partial charge in [-0.05, 0) is 24.6 Å². The zero-order chi connectivity index (χ0) is 15.9. The molecule has 4 nitrogen and oxygen atoms in total. The van der Waals surface area contributed by atoms with Crippen LogP contribution in [0.3, 0.4) is 0 Å². The van der Waals surface area contributed by atoms with Crippen LogP contribution in [0.15, 0.2) is 59.5 Å². The van der Waals surface area contributed by atoms with Gasteiger partial charge in [0.25, 0.3) is 0 Å². The van der Waals surface area contributed by atoms with E-state index in [4.69, 9.17) is 4.74 Å². The van der Waals surface area contributed by atoms with Gasteiger partial charge in [0.15, 0.2) is 0 Å². The molecule has 2 aromatic carbocycles. The molecule has 0 aliphatic heterocycles. The normalized spacial score (nSPS) is 13.4. The summed E-state index contributed by atoms with van der Waals surface area (Å²) in [6, 6.07) is 16.6. The molecule has 2 unspecified atom stereocenters. The molecule has 0 amide bonds. The van der Waals surface area contributed by atoms with E-state index in [1.807, 2.05) is 61.5 Å². The summed E-state index contributed by atoms with van der Waals surface area (Å²) in [6.07, 6.45) is 0.123. The van der Waals surface area contributed by atoms with Crippen molar-refractivity contribution in [3.8, 4) is 0 Å². The molecule has 0 aliphatic rings. The third kappa shape index (κ3) is 4.51. The molecule has 2 atom stereocenters. The smallest absolute Gasteiger partial charge is 0.307 e. The van der Waals surface area contributed by atoms with Crippen molar-refractivity contribution in [3.05, 3.63) is 65.7 Å². The number of carbonyl (C=O) groups is 1. The SMILES string of the molecule is COC(=O)CC(NS(=O)c1ccc(C)cc1)c1ccccc1. The Morgan fingerprint density at radius 3 is 2.36 bits per heavy atom. The van der Waals surface area contributed by atoms with Gasteiger partial charge >= 0.3 is 5.97 Å². The molecule has 2 rings (SSSR count). The van der Waals surface area contributed by atoms with Crippen LogP contribution < -0.4 is 4.72 Å². The Morgan fingerprint density at radius 2 is 1.77 bits per heavy atom. The van der Waals surface area contributed by atoms with Gasteiger partial charge in [-0.25, -0.2) is 8.93 Å². The monoisotopic (exact) mass is 317 g/mol. The summed E-state index contributed by atoms with van der Waals surface area (Å²) in [5.74, 6) is -0.345. The highest BCUT2D eigenvalue weighted by Gasteiger charge is 2.19. The van der Waals surface area contributed by atoms with E-state index in [9.17, 15) is 9.00 Å². The second-order valence-electron chi connectivity index (χ2n) is 4.94. The van der Waals surface area contributed by atoms with Gasteiger partial charge in [0.05, 0.1) is 24.5 Å². The van der Waals surface area contributed by atoms with E-state index in [1.54, 1.807) is 0 Å². The van der Waals surface area contributed by atoms with Crippen molar-refractivity contribution in [3.63, 3.8) is 0 Å². The summed E-state index contributed by atoms with van der Waals surface area (Å²) in [5.41, 5.74) is 2.00. The Kier molecular flexibility index (Phi) is 5.86. The van der Waals surface area contributed by atoms with Crippen molar-refractivity contribution < 1.29 is 13.7 Å². The minimum Gasteiger partial charge on any atom is -0.469 e. The lowest BCUT2D eigenvalue weighted by Gasteiger charge is -2.17. The molecule has 0 fully saturated rings. The molecule has 2 aromatic rings. The average molecular weight is 317 g/mol. The fourth-order valence-corrected chi connectivity index (χ4v) is 3.02. The maximum absolute atomic E-state index is 12.5. The second-order valence-corrected chi connectivity index (χ2v) is 6.19. The van der Waals surface area contributed by atoms with Gasteiger partial charge in [0.2, 0.25) is 0 Å². The zero-order valence-corrected chi connectivity index (χ0v) is 13.4. The van der Waals surface area contributed by atoms with E-state index < -0.39 is 11.0 Å². The number of benzene rings is 2. The van der Waals surface area contributed by atoms with E-state index in [0.717, 1.165) is 11.1 Å². The lowest BCUT2D eigenvalue weighted by molar-refractivity contribution is -0.141. The molecular weight excluding hydrogens is 298 g/mol. The fourth-order valence-electron chi connectivity index (χ4n) is 2.02. The van der Waals surface area contributed by atoms with Crippen molar-refractivity contribution in [1.82, 2.24) is 4.72 Å². The van der Waals surface area contributed by atoms with Crippen LogP contribution in [-0.4, -0.2) is 17.3 Å². The van der Waals surface area contributed by atoms with E-state index in [1.165, 1.54) is 7.11 Å². The summed E-state index contributed by atoms with van der Waals surface area (Å²) in [4.78, 5) is 12.3. The molecule has 0 spiro atoms. The highest BCUT2D eigenvalue weighted by molar-refractivity contribution is 7.83. The Morgan fingerprint density at radius 1 is 1.14 bits per heavy atom. The first-order chi connectivity index (χ1) is 10.6. The number of esters is 1. The lowest BCUT2D eigenvalue weighted by atomic mass is 10.1. The van der Waals surface area contributed by atoms with Gasteiger partial charge in [-0.3, -0.25) is 4.79 Å². The van der Waals surface area contributed by atoms with Gasteiger partial charge in [-0.2, -0.15) is 0 Å². The van der Waals surface area contributed by atoms with Gasteiger partial charge < -0.3 is 4.74 Å². The molecule has 1 N–H and O–H groups in total. The molecule has 0 saturated carbocycles. The van der Waals surface area contributed by atoms with Crippen LogP contribution in [0.1, 0.15) is 23.6 Å². The van der Waals surface area contributed by atoms with Gasteiger partial charge in [0.1, 0.15) is 11.0 Å². The van der Waals surface area contributed by atoms with Crippen LogP contribution in [0.2, 0.25) is 0 Å². The molecule has 0 aromatic heterocycles. The molecule has 22 heavy (non-hydrogen) atoms. The molecule has 0 bridgehead atoms. The van der Waals surface area contributed by atoms with E-state index in [-0.39, 0.29) is 18.4 Å². The molecular formula is C17H19NO3S. The first-order valence-corrected chi connectivity index (χ1v) is 8.11. The topological polar surface area (TPSA) is 55.4 Å². The number of hydrogen-bond donors (Lipinski definition) is 1. The molecule has 0 heterocycles. The predicted octanol–water partition coefficient (Wildman–Crippen LogP) is 2.91. The standard InChI is InChI=1S/C17H19NO3S/c1-13-8-10-15(11-9-13)22(20)18-16(12-17(19)21-2)14-6-4-3-5-7-14/h3-11,16,18H,12H2,1-2H3. The molecule has 5 heteroatoms. The number of aryl methyl sites for hydroxylation is 1. The number of methoxy groups -OCH3 is 1. The maximum Gasteiger partial charge on any atom is 0.307 e. The number of hydrogen-bond acceptors (Lipinski definition) is 3. The summed E-state index contributed by atoms with van der Waals surface area (Å²) in [5, 5.41) is 0. The Bertz CT molecular complexity index is 641. The third-order valence-electron chi connectivity index (χ3n) is 3.28. The number of rotatable bonds is 6. The van der Waals surface area contributed by atoms with Crippen LogP contribution in [0.4, 0.5) is 0 Å². The van der Waals surface area contributed by atoms with E-state index in [0.29, 0.717) is 4.90 Å². The molecule has 0 saturated heterocycles. The van der Waals surface area contributed by atoms with Crippen LogP contribution in [0.5, 0.6) is 0 Å².